The Morgan fingerprint density at radius 1 is 0.280 bits per heavy atom. The fraction of sp³-hybridized carbons (Fsp3) is 0.901. The van der Waals surface area contributed by atoms with Crippen LogP contribution in [0.4, 0.5) is 0 Å². The zero-order chi connectivity index (χ0) is 73.2. The van der Waals surface area contributed by atoms with Crippen molar-refractivity contribution in [3.05, 3.63) is 24.3 Å². The van der Waals surface area contributed by atoms with Crippen LogP contribution >= 0.6 is 15.6 Å². The molecule has 0 saturated carbocycles. The first kappa shape index (κ1) is 97.5. The molecule has 0 spiro atoms. The highest BCUT2D eigenvalue weighted by molar-refractivity contribution is 7.47. The molecule has 0 saturated heterocycles. The van der Waals surface area contributed by atoms with E-state index in [0.29, 0.717) is 25.7 Å². The van der Waals surface area contributed by atoms with Crippen molar-refractivity contribution in [2.45, 2.75) is 431 Å². The predicted molar refractivity (Wildman–Crippen MR) is 409 cm³/mol. The van der Waals surface area contributed by atoms with Crippen LogP contribution in [0.2, 0.25) is 0 Å². The number of unbranched alkanes of at least 4 members (excludes halogenated alkanes) is 51. The standard InChI is InChI=1S/C81H154O17P2/c1-5-9-13-17-20-23-26-29-32-34-36-37-38-39-41-44-47-50-53-56-60-64-68-81(86)98-77(72-92-79(84)66-62-58-54-51-48-45-43-40-35-33-30-27-24-21-18-14-10-6-2)74-96-100(89,90)94-70-75(82)69-93-99(87,88)95-73-76(71-91-78(83)65-61-57-16-12-8-4)97-80(85)67-63-59-55-52-49-46-42-31-28-25-22-19-15-11-7-3/h25,28,31,42,75-77,82H,5-24,26-27,29-30,32-41,43-74H2,1-4H3,(H,87,88)(H,89,90)/b28-25-,42-31-/t75-,76+,77+/m0/s1. The SMILES string of the molecule is CCCCCC/C=C\C=C/CCCCCCCC(=O)O[C@H](COC(=O)CCCCCCC)COP(=O)(O)OC[C@H](O)COP(=O)(O)OC[C@@H](COC(=O)CCCCCCCCCCCCCCCCCCCC)OC(=O)CCCCCCCCCCCCCCCCCCCCCCCC. The molecule has 3 N–H and O–H groups in total. The van der Waals surface area contributed by atoms with E-state index in [0.717, 1.165) is 109 Å². The molecule has 0 aliphatic rings. The number of rotatable bonds is 80. The Balaban J connectivity index is 5.14. The second kappa shape index (κ2) is 74.8. The van der Waals surface area contributed by atoms with Crippen molar-refractivity contribution in [1.29, 1.82) is 0 Å². The van der Waals surface area contributed by atoms with E-state index in [9.17, 15) is 43.2 Å². The first-order chi connectivity index (χ1) is 48.7. The Labute approximate surface area is 612 Å². The lowest BCUT2D eigenvalue weighted by Gasteiger charge is -2.21. The number of aliphatic hydroxyl groups excluding tert-OH is 1. The van der Waals surface area contributed by atoms with Crippen LogP contribution in [0.15, 0.2) is 24.3 Å². The summed E-state index contributed by atoms with van der Waals surface area (Å²) in [6, 6.07) is 0. The lowest BCUT2D eigenvalue weighted by molar-refractivity contribution is -0.161. The minimum atomic E-state index is -4.96. The number of hydrogen-bond donors (Lipinski definition) is 3. The molecule has 0 rings (SSSR count). The molecule has 0 radical (unpaired) electrons. The molecule has 5 atom stereocenters. The number of phosphoric acid groups is 2. The maximum atomic E-state index is 13.1. The van der Waals surface area contributed by atoms with E-state index < -0.39 is 97.5 Å². The van der Waals surface area contributed by atoms with E-state index in [1.165, 1.54) is 225 Å². The van der Waals surface area contributed by atoms with E-state index >= 15 is 0 Å². The number of carbonyl (C=O) groups is 4. The van der Waals surface area contributed by atoms with Crippen LogP contribution < -0.4 is 0 Å². The first-order valence-electron chi connectivity index (χ1n) is 41.6. The summed E-state index contributed by atoms with van der Waals surface area (Å²) in [4.78, 5) is 72.7. The summed E-state index contributed by atoms with van der Waals surface area (Å²) < 4.78 is 68.4. The van der Waals surface area contributed by atoms with Crippen molar-refractivity contribution in [3.8, 4) is 0 Å². The number of phosphoric ester groups is 2. The molecule has 0 aliphatic carbocycles. The molecule has 0 aromatic heterocycles. The fourth-order valence-corrected chi connectivity index (χ4v) is 13.7. The number of ether oxygens (including phenoxy) is 4. The van der Waals surface area contributed by atoms with Gasteiger partial charge in [-0.3, -0.25) is 37.3 Å². The number of aliphatic hydroxyl groups is 1. The zero-order valence-corrected chi connectivity index (χ0v) is 66.5. The second-order valence-electron chi connectivity index (χ2n) is 28.5. The van der Waals surface area contributed by atoms with Crippen LogP contribution in [0.5, 0.6) is 0 Å². The van der Waals surface area contributed by atoms with Gasteiger partial charge >= 0.3 is 39.5 Å². The van der Waals surface area contributed by atoms with E-state index in [4.69, 9.17) is 37.0 Å². The Hall–Kier alpha value is -2.46. The van der Waals surface area contributed by atoms with Crippen molar-refractivity contribution < 1.29 is 80.2 Å². The van der Waals surface area contributed by atoms with Gasteiger partial charge in [-0.1, -0.05) is 360 Å². The zero-order valence-electron chi connectivity index (χ0n) is 64.7. The molecule has 2 unspecified atom stereocenters. The van der Waals surface area contributed by atoms with Gasteiger partial charge in [-0.05, 0) is 51.4 Å². The largest absolute Gasteiger partial charge is 0.472 e. The highest BCUT2D eigenvalue weighted by Gasteiger charge is 2.30. The average Bonchev–Trinajstić information content (AvgIpc) is 0.920. The summed E-state index contributed by atoms with van der Waals surface area (Å²) in [5, 5.41) is 10.6. The summed E-state index contributed by atoms with van der Waals surface area (Å²) in [5.74, 6) is -2.15. The molecule has 0 bridgehead atoms. The average molecular weight is 1460 g/mol. The highest BCUT2D eigenvalue weighted by Crippen LogP contribution is 2.45. The van der Waals surface area contributed by atoms with Gasteiger partial charge < -0.3 is 33.8 Å². The summed E-state index contributed by atoms with van der Waals surface area (Å²) in [6.45, 7) is 4.86. The Morgan fingerprint density at radius 2 is 0.480 bits per heavy atom. The van der Waals surface area contributed by atoms with Gasteiger partial charge in [0.1, 0.15) is 19.3 Å². The van der Waals surface area contributed by atoms with Crippen LogP contribution in [0.25, 0.3) is 0 Å². The minimum Gasteiger partial charge on any atom is -0.462 e. The van der Waals surface area contributed by atoms with Gasteiger partial charge in [0.2, 0.25) is 0 Å². The van der Waals surface area contributed by atoms with Crippen molar-refractivity contribution in [3.63, 3.8) is 0 Å². The number of carbonyl (C=O) groups excluding carboxylic acids is 4. The highest BCUT2D eigenvalue weighted by atomic mass is 31.2. The molecule has 0 heterocycles. The second-order valence-corrected chi connectivity index (χ2v) is 31.4. The molecule has 100 heavy (non-hydrogen) atoms. The van der Waals surface area contributed by atoms with Crippen LogP contribution in [-0.4, -0.2) is 96.7 Å². The van der Waals surface area contributed by atoms with E-state index in [1.807, 2.05) is 0 Å². The summed E-state index contributed by atoms with van der Waals surface area (Å²) >= 11 is 0. The van der Waals surface area contributed by atoms with Gasteiger partial charge in [0, 0.05) is 25.7 Å². The van der Waals surface area contributed by atoms with Gasteiger partial charge in [-0.2, -0.15) is 0 Å². The van der Waals surface area contributed by atoms with Gasteiger partial charge in [-0.15, -0.1) is 0 Å². The molecule has 0 fully saturated rings. The smallest absolute Gasteiger partial charge is 0.462 e. The molecule has 590 valence electrons. The Morgan fingerprint density at radius 3 is 0.730 bits per heavy atom. The van der Waals surface area contributed by atoms with Crippen LogP contribution in [0.1, 0.15) is 413 Å². The fourth-order valence-electron chi connectivity index (χ4n) is 12.1. The quantitative estimate of drug-likeness (QED) is 0.0169. The number of esters is 4. The van der Waals surface area contributed by atoms with Crippen LogP contribution in [0.3, 0.4) is 0 Å². The molecule has 0 aromatic carbocycles. The third-order valence-electron chi connectivity index (χ3n) is 18.5. The first-order valence-corrected chi connectivity index (χ1v) is 44.6. The predicted octanol–water partition coefficient (Wildman–Crippen LogP) is 24.1. The van der Waals surface area contributed by atoms with Crippen molar-refractivity contribution in [2.24, 2.45) is 0 Å². The normalized spacial score (nSPS) is 13.9. The molecule has 0 amide bonds. The van der Waals surface area contributed by atoms with E-state index in [2.05, 4.69) is 52.0 Å². The maximum Gasteiger partial charge on any atom is 0.472 e. The molecule has 0 aromatic rings. The Bertz CT molecular complexity index is 1990. The maximum absolute atomic E-state index is 13.1. The molecule has 17 nitrogen and oxygen atoms in total. The van der Waals surface area contributed by atoms with Crippen molar-refractivity contribution in [2.75, 3.05) is 39.6 Å². The summed E-state index contributed by atoms with van der Waals surface area (Å²) in [6.07, 6.45) is 70.8. The van der Waals surface area contributed by atoms with Gasteiger partial charge in [-0.25, -0.2) is 9.13 Å². The van der Waals surface area contributed by atoms with Crippen LogP contribution in [-0.2, 0) is 65.4 Å². The van der Waals surface area contributed by atoms with Crippen molar-refractivity contribution in [1.82, 2.24) is 0 Å². The van der Waals surface area contributed by atoms with E-state index in [-0.39, 0.29) is 25.7 Å². The number of allylic oxidation sites excluding steroid dienone is 4. The third kappa shape index (κ3) is 73.8. The monoisotopic (exact) mass is 1460 g/mol. The van der Waals surface area contributed by atoms with Crippen molar-refractivity contribution >= 4 is 39.5 Å². The molecule has 0 aliphatic heterocycles. The van der Waals surface area contributed by atoms with Crippen LogP contribution in [0, 0.1) is 0 Å². The summed E-state index contributed by atoms with van der Waals surface area (Å²) in [5.41, 5.74) is 0. The minimum absolute atomic E-state index is 0.0847. The van der Waals surface area contributed by atoms with Gasteiger partial charge in [0.05, 0.1) is 26.4 Å². The molecular weight excluding hydrogens is 1310 g/mol. The Kier molecular flexibility index (Phi) is 73.0. The van der Waals surface area contributed by atoms with Gasteiger partial charge in [0.15, 0.2) is 12.2 Å². The topological polar surface area (TPSA) is 237 Å². The third-order valence-corrected chi connectivity index (χ3v) is 20.4. The molecule has 19 heteroatoms. The van der Waals surface area contributed by atoms with Gasteiger partial charge in [0.25, 0.3) is 0 Å². The molecular formula is C81H154O17P2. The summed E-state index contributed by atoms with van der Waals surface area (Å²) in [7, 11) is -9.92. The lowest BCUT2D eigenvalue weighted by atomic mass is 10.0. The lowest BCUT2D eigenvalue weighted by Crippen LogP contribution is -2.30. The van der Waals surface area contributed by atoms with E-state index in [1.54, 1.807) is 0 Å². The number of hydrogen-bond acceptors (Lipinski definition) is 15.